The molecule has 2 heterocycles. The van der Waals surface area contributed by atoms with Crippen molar-refractivity contribution >= 4 is 5.69 Å². The lowest BCUT2D eigenvalue weighted by molar-refractivity contribution is 0.712. The zero-order valence-electron chi connectivity index (χ0n) is 11.4. The summed E-state index contributed by atoms with van der Waals surface area (Å²) in [5.74, 6) is 0.443. The molecule has 2 aromatic heterocycles. The molecule has 0 bridgehead atoms. The molecule has 0 saturated heterocycles. The standard InChI is InChI=1S/C14H20N4/c1-10(2)14-12(9-18(4)17-14)7-16-13-8-15-6-5-11(13)3/h5-6,8-10,16H,7H2,1-4H3. The number of aryl methyl sites for hydroxylation is 2. The van der Waals surface area contributed by atoms with Crippen molar-refractivity contribution in [2.24, 2.45) is 7.05 Å². The summed E-state index contributed by atoms with van der Waals surface area (Å²) in [4.78, 5) is 4.14. The Morgan fingerprint density at radius 3 is 2.83 bits per heavy atom. The van der Waals surface area contributed by atoms with Crippen LogP contribution in [0.15, 0.2) is 24.7 Å². The molecule has 0 radical (unpaired) electrons. The van der Waals surface area contributed by atoms with E-state index in [0.29, 0.717) is 5.92 Å². The first-order valence-electron chi connectivity index (χ1n) is 6.25. The Kier molecular flexibility index (Phi) is 3.65. The Bertz CT molecular complexity index is 528. The van der Waals surface area contributed by atoms with Crippen molar-refractivity contribution < 1.29 is 0 Å². The number of rotatable bonds is 4. The average molecular weight is 244 g/mol. The maximum Gasteiger partial charge on any atom is 0.0699 e. The minimum absolute atomic E-state index is 0.443. The predicted octanol–water partition coefficient (Wildman–Crippen LogP) is 2.86. The number of hydrogen-bond acceptors (Lipinski definition) is 3. The zero-order chi connectivity index (χ0) is 13.1. The van der Waals surface area contributed by atoms with E-state index in [9.17, 15) is 0 Å². The third-order valence-electron chi connectivity index (χ3n) is 2.99. The molecule has 0 aliphatic heterocycles. The van der Waals surface area contributed by atoms with Gasteiger partial charge in [0.05, 0.1) is 17.6 Å². The molecule has 0 aromatic carbocycles. The lowest BCUT2D eigenvalue weighted by atomic mass is 10.1. The van der Waals surface area contributed by atoms with Gasteiger partial charge in [0.15, 0.2) is 0 Å². The van der Waals surface area contributed by atoms with Crippen LogP contribution in [0.4, 0.5) is 5.69 Å². The highest BCUT2D eigenvalue weighted by Crippen LogP contribution is 2.19. The SMILES string of the molecule is Cc1ccncc1NCc1cn(C)nc1C(C)C. The monoisotopic (exact) mass is 244 g/mol. The predicted molar refractivity (Wildman–Crippen MR) is 73.6 cm³/mol. The molecular formula is C14H20N4. The summed E-state index contributed by atoms with van der Waals surface area (Å²) in [5, 5.41) is 7.93. The minimum atomic E-state index is 0.443. The van der Waals surface area contributed by atoms with Crippen LogP contribution in [0.3, 0.4) is 0 Å². The molecule has 0 fully saturated rings. The van der Waals surface area contributed by atoms with Crippen LogP contribution in [0.25, 0.3) is 0 Å². The van der Waals surface area contributed by atoms with Gasteiger partial charge in [-0.25, -0.2) is 0 Å². The largest absolute Gasteiger partial charge is 0.379 e. The highest BCUT2D eigenvalue weighted by atomic mass is 15.3. The molecule has 1 N–H and O–H groups in total. The fraction of sp³-hybridized carbons (Fsp3) is 0.429. The van der Waals surface area contributed by atoms with E-state index in [4.69, 9.17) is 0 Å². The van der Waals surface area contributed by atoms with E-state index in [0.717, 1.165) is 17.9 Å². The summed E-state index contributed by atoms with van der Waals surface area (Å²) in [6.45, 7) is 7.20. The molecule has 0 saturated carbocycles. The molecule has 96 valence electrons. The second-order valence-electron chi connectivity index (χ2n) is 4.91. The van der Waals surface area contributed by atoms with Gasteiger partial charge in [0.2, 0.25) is 0 Å². The first-order chi connectivity index (χ1) is 8.58. The summed E-state index contributed by atoms with van der Waals surface area (Å²) < 4.78 is 1.88. The molecule has 4 heteroatoms. The van der Waals surface area contributed by atoms with E-state index < -0.39 is 0 Å². The first kappa shape index (κ1) is 12.6. The lowest BCUT2D eigenvalue weighted by Gasteiger charge is -2.09. The maximum atomic E-state index is 4.51. The average Bonchev–Trinajstić information content (AvgIpc) is 2.70. The number of nitrogens with one attached hydrogen (secondary N) is 1. The fourth-order valence-electron chi connectivity index (χ4n) is 2.02. The number of hydrogen-bond donors (Lipinski definition) is 1. The summed E-state index contributed by atoms with van der Waals surface area (Å²) in [7, 11) is 1.96. The van der Waals surface area contributed by atoms with Crippen LogP contribution in [0.1, 0.15) is 36.6 Å². The Morgan fingerprint density at radius 1 is 1.39 bits per heavy atom. The highest BCUT2D eigenvalue weighted by Gasteiger charge is 2.11. The topological polar surface area (TPSA) is 42.7 Å². The highest BCUT2D eigenvalue weighted by molar-refractivity contribution is 5.48. The van der Waals surface area contributed by atoms with Crippen molar-refractivity contribution in [1.29, 1.82) is 0 Å². The van der Waals surface area contributed by atoms with Crippen molar-refractivity contribution in [3.63, 3.8) is 0 Å². The third kappa shape index (κ3) is 2.70. The van der Waals surface area contributed by atoms with Gasteiger partial charge in [0.25, 0.3) is 0 Å². The third-order valence-corrected chi connectivity index (χ3v) is 2.99. The molecule has 0 aliphatic rings. The number of nitrogens with zero attached hydrogens (tertiary/aromatic N) is 3. The molecule has 0 atom stereocenters. The summed E-state index contributed by atoms with van der Waals surface area (Å²) >= 11 is 0. The maximum absolute atomic E-state index is 4.51. The second-order valence-corrected chi connectivity index (χ2v) is 4.91. The van der Waals surface area contributed by atoms with Gasteiger partial charge in [-0.3, -0.25) is 9.67 Å². The van der Waals surface area contributed by atoms with E-state index in [1.54, 1.807) is 0 Å². The smallest absolute Gasteiger partial charge is 0.0699 e. The Labute approximate surface area is 108 Å². The van der Waals surface area contributed by atoms with Crippen LogP contribution in [0.2, 0.25) is 0 Å². The van der Waals surface area contributed by atoms with Crippen LogP contribution in [-0.2, 0) is 13.6 Å². The number of aromatic nitrogens is 3. The van der Waals surface area contributed by atoms with Gasteiger partial charge in [0.1, 0.15) is 0 Å². The van der Waals surface area contributed by atoms with Crippen molar-refractivity contribution in [3.05, 3.63) is 41.5 Å². The molecule has 0 aliphatic carbocycles. The van der Waals surface area contributed by atoms with Crippen molar-refractivity contribution in [2.75, 3.05) is 5.32 Å². The van der Waals surface area contributed by atoms with E-state index >= 15 is 0 Å². The Morgan fingerprint density at radius 2 is 2.17 bits per heavy atom. The summed E-state index contributed by atoms with van der Waals surface area (Å²) in [5.41, 5.74) is 4.69. The van der Waals surface area contributed by atoms with Crippen LogP contribution in [-0.4, -0.2) is 14.8 Å². The van der Waals surface area contributed by atoms with Crippen molar-refractivity contribution in [1.82, 2.24) is 14.8 Å². The minimum Gasteiger partial charge on any atom is -0.379 e. The molecule has 0 unspecified atom stereocenters. The van der Waals surface area contributed by atoms with E-state index in [2.05, 4.69) is 42.4 Å². The van der Waals surface area contributed by atoms with Gasteiger partial charge in [-0.1, -0.05) is 13.8 Å². The summed E-state index contributed by atoms with van der Waals surface area (Å²) in [6.07, 6.45) is 5.75. The van der Waals surface area contributed by atoms with Crippen molar-refractivity contribution in [3.8, 4) is 0 Å². The first-order valence-corrected chi connectivity index (χ1v) is 6.25. The van der Waals surface area contributed by atoms with Gasteiger partial charge in [0, 0.05) is 31.5 Å². The molecule has 2 aromatic rings. The van der Waals surface area contributed by atoms with Gasteiger partial charge >= 0.3 is 0 Å². The van der Waals surface area contributed by atoms with Gasteiger partial charge < -0.3 is 5.32 Å². The van der Waals surface area contributed by atoms with Gasteiger partial charge in [-0.15, -0.1) is 0 Å². The number of pyridine rings is 1. The van der Waals surface area contributed by atoms with Crippen LogP contribution < -0.4 is 5.32 Å². The quantitative estimate of drug-likeness (QED) is 0.899. The van der Waals surface area contributed by atoms with E-state index in [1.807, 2.05) is 30.2 Å². The Hall–Kier alpha value is -1.84. The lowest BCUT2D eigenvalue weighted by Crippen LogP contribution is -2.04. The van der Waals surface area contributed by atoms with Crippen LogP contribution >= 0.6 is 0 Å². The molecule has 2 rings (SSSR count). The number of anilines is 1. The van der Waals surface area contributed by atoms with Gasteiger partial charge in [-0.05, 0) is 24.5 Å². The van der Waals surface area contributed by atoms with E-state index in [1.165, 1.54) is 11.1 Å². The summed E-state index contributed by atoms with van der Waals surface area (Å²) in [6, 6.07) is 2.01. The van der Waals surface area contributed by atoms with E-state index in [-0.39, 0.29) is 0 Å². The normalized spacial score (nSPS) is 10.9. The zero-order valence-corrected chi connectivity index (χ0v) is 11.4. The molecular weight excluding hydrogens is 224 g/mol. The fourth-order valence-corrected chi connectivity index (χ4v) is 2.02. The van der Waals surface area contributed by atoms with Crippen molar-refractivity contribution in [2.45, 2.75) is 33.2 Å². The second kappa shape index (κ2) is 5.21. The van der Waals surface area contributed by atoms with Crippen LogP contribution in [0, 0.1) is 6.92 Å². The van der Waals surface area contributed by atoms with Crippen LogP contribution in [0.5, 0.6) is 0 Å². The molecule has 4 nitrogen and oxygen atoms in total. The molecule has 0 spiro atoms. The molecule has 18 heavy (non-hydrogen) atoms. The molecule has 0 amide bonds. The Balaban J connectivity index is 2.13. The van der Waals surface area contributed by atoms with Gasteiger partial charge in [-0.2, -0.15) is 5.10 Å².